The number of hydrogen-bond acceptors (Lipinski definition) is 3. The van der Waals surface area contributed by atoms with Gasteiger partial charge in [-0.05, 0) is 37.5 Å². The fourth-order valence-corrected chi connectivity index (χ4v) is 2.80. The summed E-state index contributed by atoms with van der Waals surface area (Å²) in [4.78, 5) is 0. The third-order valence-corrected chi connectivity index (χ3v) is 4.43. The number of rotatable bonds is 5. The van der Waals surface area contributed by atoms with Crippen molar-refractivity contribution < 1.29 is 4.74 Å². The van der Waals surface area contributed by atoms with Gasteiger partial charge >= 0.3 is 0 Å². The second-order valence-electron chi connectivity index (χ2n) is 6.13. The van der Waals surface area contributed by atoms with Crippen molar-refractivity contribution in [3.05, 3.63) is 29.3 Å². The van der Waals surface area contributed by atoms with Gasteiger partial charge in [0, 0.05) is 30.3 Å². The summed E-state index contributed by atoms with van der Waals surface area (Å²) < 4.78 is 5.75. The van der Waals surface area contributed by atoms with Gasteiger partial charge in [0.05, 0.1) is 6.10 Å². The Labute approximate surface area is 116 Å². The molecule has 3 nitrogen and oxygen atoms in total. The van der Waals surface area contributed by atoms with Gasteiger partial charge in [0.1, 0.15) is 0 Å². The van der Waals surface area contributed by atoms with Gasteiger partial charge in [-0.3, -0.25) is 0 Å². The Bertz CT molecular complexity index is 442. The van der Waals surface area contributed by atoms with Gasteiger partial charge in [0.25, 0.3) is 0 Å². The van der Waals surface area contributed by atoms with Crippen LogP contribution in [0.2, 0.25) is 0 Å². The molecule has 0 heterocycles. The number of aryl methyl sites for hydroxylation is 1. The zero-order chi connectivity index (χ0) is 14.0. The number of ether oxygens (including phenoxy) is 1. The van der Waals surface area contributed by atoms with Crippen molar-refractivity contribution in [2.24, 2.45) is 5.41 Å². The molecule has 1 saturated carbocycles. The van der Waals surface area contributed by atoms with Crippen LogP contribution in [0.3, 0.4) is 0 Å². The van der Waals surface area contributed by atoms with E-state index in [1.165, 1.54) is 5.56 Å². The van der Waals surface area contributed by atoms with Crippen LogP contribution in [0.4, 0.5) is 5.69 Å². The Morgan fingerprint density at radius 1 is 1.42 bits per heavy atom. The second-order valence-corrected chi connectivity index (χ2v) is 6.13. The van der Waals surface area contributed by atoms with Crippen molar-refractivity contribution >= 4 is 5.69 Å². The molecule has 2 unspecified atom stereocenters. The maximum Gasteiger partial charge on any atom is 0.0655 e. The minimum atomic E-state index is 0.221. The molecule has 0 spiro atoms. The number of nitrogens with one attached hydrogen (secondary N) is 1. The molecule has 19 heavy (non-hydrogen) atoms. The van der Waals surface area contributed by atoms with E-state index in [4.69, 9.17) is 10.5 Å². The minimum absolute atomic E-state index is 0.221. The first-order valence-electron chi connectivity index (χ1n) is 7.15. The zero-order valence-electron chi connectivity index (χ0n) is 12.5. The highest BCUT2D eigenvalue weighted by Crippen LogP contribution is 2.42. The van der Waals surface area contributed by atoms with Gasteiger partial charge < -0.3 is 15.8 Å². The van der Waals surface area contributed by atoms with E-state index >= 15 is 0 Å². The summed E-state index contributed by atoms with van der Waals surface area (Å²) in [5, 5.41) is 3.64. The van der Waals surface area contributed by atoms with Gasteiger partial charge in [-0.25, -0.2) is 0 Å². The topological polar surface area (TPSA) is 47.3 Å². The largest absolute Gasteiger partial charge is 0.399 e. The van der Waals surface area contributed by atoms with Gasteiger partial charge in [-0.1, -0.05) is 26.0 Å². The Balaban J connectivity index is 1.88. The van der Waals surface area contributed by atoms with Crippen LogP contribution >= 0.6 is 0 Å². The van der Waals surface area contributed by atoms with Crippen LogP contribution in [0, 0.1) is 12.3 Å². The van der Waals surface area contributed by atoms with Crippen molar-refractivity contribution in [2.45, 2.75) is 52.8 Å². The van der Waals surface area contributed by atoms with E-state index in [0.717, 1.165) is 30.8 Å². The predicted octanol–water partition coefficient (Wildman–Crippen LogP) is 2.87. The predicted molar refractivity (Wildman–Crippen MR) is 80.0 cm³/mol. The standard InChI is InChI=1S/C16H26N2O/c1-5-19-15-9-14(16(15,3)4)18-10-12-6-7-13(17)11(2)8-12/h6-8,14-15,18H,5,9-10,17H2,1-4H3. The molecule has 2 rings (SSSR count). The lowest BCUT2D eigenvalue weighted by Gasteiger charge is -2.52. The summed E-state index contributed by atoms with van der Waals surface area (Å²) in [6.45, 7) is 10.4. The Hall–Kier alpha value is -1.06. The normalized spacial score (nSPS) is 25.1. The SMILES string of the molecule is CCOC1CC(NCc2ccc(N)c(C)c2)C1(C)C. The highest BCUT2D eigenvalue weighted by Gasteiger charge is 2.48. The average Bonchev–Trinajstić information content (AvgIpc) is 2.37. The summed E-state index contributed by atoms with van der Waals surface area (Å²) in [6, 6.07) is 6.78. The highest BCUT2D eigenvalue weighted by atomic mass is 16.5. The molecule has 0 aliphatic heterocycles. The van der Waals surface area contributed by atoms with Gasteiger partial charge in [-0.2, -0.15) is 0 Å². The summed E-state index contributed by atoms with van der Waals surface area (Å²) in [7, 11) is 0. The van der Waals surface area contributed by atoms with Gasteiger partial charge in [0.15, 0.2) is 0 Å². The molecule has 106 valence electrons. The van der Waals surface area contributed by atoms with Crippen LogP contribution in [0.25, 0.3) is 0 Å². The summed E-state index contributed by atoms with van der Waals surface area (Å²) >= 11 is 0. The van der Waals surface area contributed by atoms with E-state index in [9.17, 15) is 0 Å². The van der Waals surface area contributed by atoms with Crippen LogP contribution in [-0.4, -0.2) is 18.8 Å². The van der Waals surface area contributed by atoms with Gasteiger partial charge in [-0.15, -0.1) is 0 Å². The number of nitrogens with two attached hydrogens (primary N) is 1. The van der Waals surface area contributed by atoms with Crippen molar-refractivity contribution in [1.29, 1.82) is 0 Å². The van der Waals surface area contributed by atoms with E-state index in [0.29, 0.717) is 12.1 Å². The quantitative estimate of drug-likeness (QED) is 0.802. The third-order valence-electron chi connectivity index (χ3n) is 4.43. The first-order chi connectivity index (χ1) is 8.95. The summed E-state index contributed by atoms with van der Waals surface area (Å²) in [5.41, 5.74) is 9.37. The molecular weight excluding hydrogens is 236 g/mol. The molecule has 1 aliphatic rings. The molecule has 0 amide bonds. The Morgan fingerprint density at radius 3 is 2.74 bits per heavy atom. The van der Waals surface area contributed by atoms with Crippen LogP contribution < -0.4 is 11.1 Å². The second kappa shape index (κ2) is 5.51. The van der Waals surface area contributed by atoms with E-state index in [-0.39, 0.29) is 5.41 Å². The Morgan fingerprint density at radius 2 is 2.16 bits per heavy atom. The zero-order valence-corrected chi connectivity index (χ0v) is 12.5. The molecule has 0 bridgehead atoms. The average molecular weight is 262 g/mol. The molecule has 3 N–H and O–H groups in total. The first-order valence-corrected chi connectivity index (χ1v) is 7.15. The fraction of sp³-hybridized carbons (Fsp3) is 0.625. The number of nitrogen functional groups attached to an aromatic ring is 1. The summed E-state index contributed by atoms with van der Waals surface area (Å²) in [6.07, 6.45) is 1.50. The molecule has 0 radical (unpaired) electrons. The summed E-state index contributed by atoms with van der Waals surface area (Å²) in [5.74, 6) is 0. The minimum Gasteiger partial charge on any atom is -0.399 e. The van der Waals surface area contributed by atoms with Crippen LogP contribution in [0.1, 0.15) is 38.3 Å². The molecule has 1 aromatic rings. The number of hydrogen-bond donors (Lipinski definition) is 2. The lowest BCUT2D eigenvalue weighted by Crippen LogP contribution is -2.60. The van der Waals surface area contributed by atoms with Crippen molar-refractivity contribution in [3.8, 4) is 0 Å². The highest BCUT2D eigenvalue weighted by molar-refractivity contribution is 5.47. The molecular formula is C16H26N2O. The molecule has 0 saturated heterocycles. The lowest BCUT2D eigenvalue weighted by molar-refractivity contribution is -0.114. The molecule has 3 heteroatoms. The van der Waals surface area contributed by atoms with Gasteiger partial charge in [0.2, 0.25) is 0 Å². The lowest BCUT2D eigenvalue weighted by atomic mass is 9.64. The van der Waals surface area contributed by atoms with E-state index < -0.39 is 0 Å². The van der Waals surface area contributed by atoms with Crippen molar-refractivity contribution in [3.63, 3.8) is 0 Å². The maximum atomic E-state index is 5.84. The molecule has 1 aromatic carbocycles. The van der Waals surface area contributed by atoms with Crippen molar-refractivity contribution in [2.75, 3.05) is 12.3 Å². The molecule has 1 aliphatic carbocycles. The number of anilines is 1. The monoisotopic (exact) mass is 262 g/mol. The Kier molecular flexibility index (Phi) is 4.16. The number of benzene rings is 1. The van der Waals surface area contributed by atoms with E-state index in [1.807, 2.05) is 6.07 Å². The van der Waals surface area contributed by atoms with Crippen molar-refractivity contribution in [1.82, 2.24) is 5.32 Å². The van der Waals surface area contributed by atoms with E-state index in [1.54, 1.807) is 0 Å². The first kappa shape index (κ1) is 14.4. The maximum absolute atomic E-state index is 5.84. The van der Waals surface area contributed by atoms with Crippen LogP contribution in [0.5, 0.6) is 0 Å². The molecule has 2 atom stereocenters. The third kappa shape index (κ3) is 2.93. The molecule has 0 aromatic heterocycles. The molecule has 1 fully saturated rings. The van der Waals surface area contributed by atoms with Crippen LogP contribution in [-0.2, 0) is 11.3 Å². The smallest absolute Gasteiger partial charge is 0.0655 e. The van der Waals surface area contributed by atoms with E-state index in [2.05, 4.69) is 45.1 Å². The fourth-order valence-electron chi connectivity index (χ4n) is 2.80. The van der Waals surface area contributed by atoms with Crippen LogP contribution in [0.15, 0.2) is 18.2 Å².